The number of aliphatic carboxylic acids is 1. The summed E-state index contributed by atoms with van der Waals surface area (Å²) in [7, 11) is 0. The largest absolute Gasteiger partial charge is 0.490 e. The number of benzene rings is 1. The van der Waals surface area contributed by atoms with Crippen LogP contribution in [0.4, 0.5) is 0 Å². The highest BCUT2D eigenvalue weighted by molar-refractivity contribution is 5.84. The lowest BCUT2D eigenvalue weighted by atomic mass is 10.2. The summed E-state index contributed by atoms with van der Waals surface area (Å²) in [5.74, 6) is -0.540. The fraction of sp³-hybridized carbons (Fsp3) is 0.429. The SMILES string of the molecule is CCOc1ccccc1OCC(=O)N[C@H](CC)C(=O)O. The Morgan fingerprint density at radius 2 is 1.80 bits per heavy atom. The van der Waals surface area contributed by atoms with E-state index in [9.17, 15) is 9.59 Å². The number of ether oxygens (including phenoxy) is 2. The molecule has 0 unspecified atom stereocenters. The number of carbonyl (C=O) groups is 2. The standard InChI is InChI=1S/C14H19NO5/c1-3-10(14(17)18)15-13(16)9-20-12-8-6-5-7-11(12)19-4-2/h5-8,10H,3-4,9H2,1-2H3,(H,15,16)(H,17,18)/t10-/m1/s1. The molecule has 0 saturated heterocycles. The second-order valence-corrected chi connectivity index (χ2v) is 4.04. The second-order valence-electron chi connectivity index (χ2n) is 4.04. The monoisotopic (exact) mass is 281 g/mol. The summed E-state index contributed by atoms with van der Waals surface area (Å²) in [5, 5.41) is 11.2. The van der Waals surface area contributed by atoms with Crippen LogP contribution >= 0.6 is 0 Å². The van der Waals surface area contributed by atoms with Crippen LogP contribution in [0.1, 0.15) is 20.3 Å². The Morgan fingerprint density at radius 3 is 2.30 bits per heavy atom. The Hall–Kier alpha value is -2.24. The minimum atomic E-state index is -1.06. The van der Waals surface area contributed by atoms with Gasteiger partial charge in [0.05, 0.1) is 6.61 Å². The molecule has 0 aliphatic heterocycles. The maximum absolute atomic E-state index is 11.6. The van der Waals surface area contributed by atoms with Crippen LogP contribution in [-0.2, 0) is 9.59 Å². The maximum atomic E-state index is 11.6. The number of carbonyl (C=O) groups excluding carboxylic acids is 1. The second kappa shape index (κ2) is 8.04. The molecule has 1 amide bonds. The van der Waals surface area contributed by atoms with Gasteiger partial charge in [0, 0.05) is 0 Å². The quantitative estimate of drug-likeness (QED) is 0.753. The third-order valence-corrected chi connectivity index (χ3v) is 2.55. The van der Waals surface area contributed by atoms with Gasteiger partial charge < -0.3 is 19.9 Å². The van der Waals surface area contributed by atoms with Gasteiger partial charge in [0.1, 0.15) is 6.04 Å². The van der Waals surface area contributed by atoms with E-state index in [0.29, 0.717) is 24.5 Å². The number of hydrogen-bond acceptors (Lipinski definition) is 4. The van der Waals surface area contributed by atoms with Crippen molar-refractivity contribution in [3.05, 3.63) is 24.3 Å². The zero-order chi connectivity index (χ0) is 15.0. The molecule has 20 heavy (non-hydrogen) atoms. The van der Waals surface area contributed by atoms with E-state index in [2.05, 4.69) is 5.32 Å². The number of hydrogen-bond donors (Lipinski definition) is 2. The van der Waals surface area contributed by atoms with Crippen LogP contribution < -0.4 is 14.8 Å². The molecule has 1 aromatic rings. The summed E-state index contributed by atoms with van der Waals surface area (Å²) >= 11 is 0. The summed E-state index contributed by atoms with van der Waals surface area (Å²) < 4.78 is 10.7. The molecule has 6 nitrogen and oxygen atoms in total. The maximum Gasteiger partial charge on any atom is 0.326 e. The zero-order valence-corrected chi connectivity index (χ0v) is 11.6. The molecule has 0 radical (unpaired) electrons. The average Bonchev–Trinajstić information content (AvgIpc) is 2.43. The fourth-order valence-electron chi connectivity index (χ4n) is 1.56. The van der Waals surface area contributed by atoms with Gasteiger partial charge in [0.15, 0.2) is 18.1 Å². The van der Waals surface area contributed by atoms with E-state index in [1.54, 1.807) is 31.2 Å². The van der Waals surface area contributed by atoms with Gasteiger partial charge in [0.25, 0.3) is 5.91 Å². The van der Waals surface area contributed by atoms with Gasteiger partial charge in [-0.1, -0.05) is 19.1 Å². The minimum absolute atomic E-state index is 0.256. The summed E-state index contributed by atoms with van der Waals surface area (Å²) in [6.45, 7) is 3.77. The van der Waals surface area contributed by atoms with Crippen LogP contribution in [-0.4, -0.2) is 36.2 Å². The molecule has 2 N–H and O–H groups in total. The molecule has 110 valence electrons. The molecule has 1 rings (SSSR count). The first kappa shape index (κ1) is 15.8. The van der Waals surface area contributed by atoms with E-state index in [4.69, 9.17) is 14.6 Å². The van der Waals surface area contributed by atoms with Gasteiger partial charge in [-0.2, -0.15) is 0 Å². The first-order valence-corrected chi connectivity index (χ1v) is 6.45. The van der Waals surface area contributed by atoms with Crippen LogP contribution in [0.25, 0.3) is 0 Å². The summed E-state index contributed by atoms with van der Waals surface area (Å²) in [6, 6.07) is 6.10. The lowest BCUT2D eigenvalue weighted by Crippen LogP contribution is -2.42. The van der Waals surface area contributed by atoms with E-state index in [0.717, 1.165) is 0 Å². The van der Waals surface area contributed by atoms with E-state index >= 15 is 0 Å². The topological polar surface area (TPSA) is 84.9 Å². The van der Waals surface area contributed by atoms with Crippen molar-refractivity contribution in [2.24, 2.45) is 0 Å². The smallest absolute Gasteiger partial charge is 0.326 e. The van der Waals surface area contributed by atoms with E-state index < -0.39 is 17.9 Å². The number of para-hydroxylation sites is 2. The predicted octanol–water partition coefficient (Wildman–Crippen LogP) is 1.44. The molecular formula is C14H19NO5. The van der Waals surface area contributed by atoms with Gasteiger partial charge in [-0.05, 0) is 25.5 Å². The lowest BCUT2D eigenvalue weighted by Gasteiger charge is -2.14. The van der Waals surface area contributed by atoms with E-state index in [1.807, 2.05) is 6.92 Å². The predicted molar refractivity (Wildman–Crippen MR) is 73.0 cm³/mol. The lowest BCUT2D eigenvalue weighted by molar-refractivity contribution is -0.142. The first-order chi connectivity index (χ1) is 9.58. The molecular weight excluding hydrogens is 262 g/mol. The van der Waals surface area contributed by atoms with Crippen molar-refractivity contribution in [3.8, 4) is 11.5 Å². The van der Waals surface area contributed by atoms with Crippen molar-refractivity contribution < 1.29 is 24.2 Å². The molecule has 0 aliphatic rings. The van der Waals surface area contributed by atoms with Crippen LogP contribution in [0.2, 0.25) is 0 Å². The van der Waals surface area contributed by atoms with Gasteiger partial charge >= 0.3 is 5.97 Å². The third-order valence-electron chi connectivity index (χ3n) is 2.55. The highest BCUT2D eigenvalue weighted by atomic mass is 16.5. The molecule has 0 saturated carbocycles. The van der Waals surface area contributed by atoms with Crippen LogP contribution in [0.5, 0.6) is 11.5 Å². The van der Waals surface area contributed by atoms with Gasteiger partial charge in [-0.3, -0.25) is 4.79 Å². The van der Waals surface area contributed by atoms with E-state index in [-0.39, 0.29) is 6.61 Å². The van der Waals surface area contributed by atoms with Gasteiger partial charge in [-0.15, -0.1) is 0 Å². The Morgan fingerprint density at radius 1 is 1.20 bits per heavy atom. The van der Waals surface area contributed by atoms with Crippen LogP contribution in [0.3, 0.4) is 0 Å². The average molecular weight is 281 g/mol. The van der Waals surface area contributed by atoms with Gasteiger partial charge in [-0.25, -0.2) is 4.79 Å². The normalized spacial score (nSPS) is 11.5. The van der Waals surface area contributed by atoms with Crippen molar-refractivity contribution in [3.63, 3.8) is 0 Å². The third kappa shape index (κ3) is 4.79. The Kier molecular flexibility index (Phi) is 6.36. The number of amides is 1. The molecule has 0 aromatic heterocycles. The molecule has 0 aliphatic carbocycles. The summed E-state index contributed by atoms with van der Waals surface area (Å²) in [5.41, 5.74) is 0. The van der Waals surface area contributed by atoms with Gasteiger partial charge in [0.2, 0.25) is 0 Å². The van der Waals surface area contributed by atoms with Crippen molar-refractivity contribution in [2.75, 3.05) is 13.2 Å². The zero-order valence-electron chi connectivity index (χ0n) is 11.6. The molecule has 0 spiro atoms. The number of carboxylic acid groups (broad SMARTS) is 1. The summed E-state index contributed by atoms with van der Waals surface area (Å²) in [4.78, 5) is 22.4. The van der Waals surface area contributed by atoms with Crippen molar-refractivity contribution in [2.45, 2.75) is 26.3 Å². The molecule has 0 fully saturated rings. The Labute approximate surface area is 117 Å². The molecule has 1 atom stereocenters. The number of carboxylic acids is 1. The highest BCUT2D eigenvalue weighted by Crippen LogP contribution is 2.26. The van der Waals surface area contributed by atoms with Crippen molar-refractivity contribution in [1.29, 1.82) is 0 Å². The highest BCUT2D eigenvalue weighted by Gasteiger charge is 2.18. The molecule has 1 aromatic carbocycles. The number of rotatable bonds is 8. The van der Waals surface area contributed by atoms with E-state index in [1.165, 1.54) is 0 Å². The van der Waals surface area contributed by atoms with Crippen molar-refractivity contribution >= 4 is 11.9 Å². The minimum Gasteiger partial charge on any atom is -0.490 e. The molecule has 0 bridgehead atoms. The number of nitrogens with one attached hydrogen (secondary N) is 1. The Balaban J connectivity index is 2.54. The molecule has 6 heteroatoms. The summed E-state index contributed by atoms with van der Waals surface area (Å²) in [6.07, 6.45) is 0.316. The fourth-order valence-corrected chi connectivity index (χ4v) is 1.56. The molecule has 0 heterocycles. The van der Waals surface area contributed by atoms with Crippen molar-refractivity contribution in [1.82, 2.24) is 5.32 Å². The van der Waals surface area contributed by atoms with Crippen LogP contribution in [0.15, 0.2) is 24.3 Å². The Bertz CT molecular complexity index is 461. The van der Waals surface area contributed by atoms with Crippen LogP contribution in [0, 0.1) is 0 Å². The first-order valence-electron chi connectivity index (χ1n) is 6.45.